The Balaban J connectivity index is 1.27. The van der Waals surface area contributed by atoms with Crippen molar-refractivity contribution in [1.82, 2.24) is 25.0 Å². The number of nitrogens with one attached hydrogen (secondary N) is 1. The van der Waals surface area contributed by atoms with Crippen LogP contribution in [0.25, 0.3) is 0 Å². The average Bonchev–Trinajstić information content (AvgIpc) is 3.17. The summed E-state index contributed by atoms with van der Waals surface area (Å²) in [5.41, 5.74) is 1.84. The van der Waals surface area contributed by atoms with Gasteiger partial charge in [0.05, 0.1) is 0 Å². The number of carbonyl (C=O) groups excluding carboxylic acids is 2. The standard InChI is InChI=1S/C22H29N5O2S/c28-20(18-7-5-17(6-8-18)15-30-22-23-16-24-25-22)27-13-9-19(10-14-27)21(29)26-11-3-1-2-4-12-26/h5-8,16,19H,1-4,9-15H2,(H,23,24,25). The summed E-state index contributed by atoms with van der Waals surface area (Å²) in [6, 6.07) is 7.78. The fraction of sp³-hybridized carbons (Fsp3) is 0.545. The maximum Gasteiger partial charge on any atom is 0.253 e. The second-order valence-corrected chi connectivity index (χ2v) is 9.05. The van der Waals surface area contributed by atoms with Crippen LogP contribution in [0.3, 0.4) is 0 Å². The van der Waals surface area contributed by atoms with Crippen molar-refractivity contribution in [3.63, 3.8) is 0 Å². The predicted octanol–water partition coefficient (Wildman–Crippen LogP) is 3.35. The first kappa shape index (κ1) is 20.9. The van der Waals surface area contributed by atoms with Gasteiger partial charge in [-0.3, -0.25) is 14.7 Å². The number of H-pyrrole nitrogens is 1. The van der Waals surface area contributed by atoms with Crippen LogP contribution in [-0.4, -0.2) is 63.0 Å². The minimum atomic E-state index is 0.0603. The fourth-order valence-electron chi connectivity index (χ4n) is 4.22. The number of aromatic nitrogens is 3. The molecule has 1 N–H and O–H groups in total. The summed E-state index contributed by atoms with van der Waals surface area (Å²) in [6.07, 6.45) is 7.74. The Kier molecular flexibility index (Phi) is 7.04. The molecule has 2 fully saturated rings. The van der Waals surface area contributed by atoms with Crippen LogP contribution in [0, 0.1) is 5.92 Å². The second-order valence-electron chi connectivity index (χ2n) is 8.08. The average molecular weight is 428 g/mol. The summed E-state index contributed by atoms with van der Waals surface area (Å²) < 4.78 is 0. The van der Waals surface area contributed by atoms with Gasteiger partial charge in [0.15, 0.2) is 5.16 Å². The van der Waals surface area contributed by atoms with Crippen molar-refractivity contribution in [2.75, 3.05) is 26.2 Å². The molecular weight excluding hydrogens is 398 g/mol. The molecule has 1 aromatic heterocycles. The molecule has 30 heavy (non-hydrogen) atoms. The van der Waals surface area contributed by atoms with Crippen LogP contribution in [0.4, 0.5) is 0 Å². The predicted molar refractivity (Wildman–Crippen MR) is 116 cm³/mol. The Bertz CT molecular complexity index is 824. The van der Waals surface area contributed by atoms with Gasteiger partial charge in [-0.2, -0.15) is 5.10 Å². The van der Waals surface area contributed by atoms with Crippen LogP contribution in [0.1, 0.15) is 54.4 Å². The third-order valence-corrected chi connectivity index (χ3v) is 6.97. The quantitative estimate of drug-likeness (QED) is 0.740. The summed E-state index contributed by atoms with van der Waals surface area (Å²) in [5.74, 6) is 1.21. The molecule has 1 aromatic carbocycles. The van der Waals surface area contributed by atoms with Gasteiger partial charge in [0.1, 0.15) is 6.33 Å². The molecule has 2 aliphatic rings. The highest BCUT2D eigenvalue weighted by atomic mass is 32.2. The summed E-state index contributed by atoms with van der Waals surface area (Å²) in [6.45, 7) is 3.12. The monoisotopic (exact) mass is 427 g/mol. The zero-order chi connectivity index (χ0) is 20.8. The minimum Gasteiger partial charge on any atom is -0.342 e. The van der Waals surface area contributed by atoms with E-state index in [1.54, 1.807) is 11.8 Å². The first-order valence-electron chi connectivity index (χ1n) is 10.9. The van der Waals surface area contributed by atoms with E-state index in [4.69, 9.17) is 0 Å². The van der Waals surface area contributed by atoms with Gasteiger partial charge in [0.2, 0.25) is 5.91 Å². The van der Waals surface area contributed by atoms with Crippen LogP contribution in [0.15, 0.2) is 35.7 Å². The van der Waals surface area contributed by atoms with E-state index in [9.17, 15) is 9.59 Å². The van der Waals surface area contributed by atoms with Gasteiger partial charge >= 0.3 is 0 Å². The van der Waals surface area contributed by atoms with Gasteiger partial charge in [-0.1, -0.05) is 36.7 Å². The van der Waals surface area contributed by atoms with Crippen molar-refractivity contribution in [3.8, 4) is 0 Å². The van der Waals surface area contributed by atoms with Gasteiger partial charge in [0, 0.05) is 43.4 Å². The van der Waals surface area contributed by atoms with Crippen molar-refractivity contribution in [2.24, 2.45) is 5.92 Å². The summed E-state index contributed by atoms with van der Waals surface area (Å²) >= 11 is 1.58. The molecule has 2 saturated heterocycles. The van der Waals surface area contributed by atoms with Crippen molar-refractivity contribution in [1.29, 1.82) is 0 Å². The molecule has 0 aliphatic carbocycles. The zero-order valence-electron chi connectivity index (χ0n) is 17.3. The van der Waals surface area contributed by atoms with E-state index in [2.05, 4.69) is 20.1 Å². The third kappa shape index (κ3) is 5.22. The van der Waals surface area contributed by atoms with Gasteiger partial charge in [-0.15, -0.1) is 0 Å². The lowest BCUT2D eigenvalue weighted by molar-refractivity contribution is -0.136. The number of amides is 2. The van der Waals surface area contributed by atoms with E-state index in [-0.39, 0.29) is 11.8 Å². The number of aromatic amines is 1. The maximum absolute atomic E-state index is 12.9. The first-order chi connectivity index (χ1) is 14.7. The van der Waals surface area contributed by atoms with Crippen molar-refractivity contribution in [3.05, 3.63) is 41.7 Å². The van der Waals surface area contributed by atoms with Crippen molar-refractivity contribution >= 4 is 23.6 Å². The molecule has 2 aliphatic heterocycles. The molecular formula is C22H29N5O2S. The Morgan fingerprint density at radius 3 is 2.30 bits per heavy atom. The largest absolute Gasteiger partial charge is 0.342 e. The number of thioether (sulfide) groups is 1. The van der Waals surface area contributed by atoms with E-state index < -0.39 is 0 Å². The lowest BCUT2D eigenvalue weighted by Gasteiger charge is -2.34. The molecule has 0 radical (unpaired) electrons. The number of rotatable bonds is 5. The summed E-state index contributed by atoms with van der Waals surface area (Å²) in [4.78, 5) is 33.8. The van der Waals surface area contributed by atoms with Gasteiger partial charge < -0.3 is 9.80 Å². The third-order valence-electron chi connectivity index (χ3n) is 6.02. The second kappa shape index (κ2) is 10.1. The highest BCUT2D eigenvalue weighted by molar-refractivity contribution is 7.98. The molecule has 2 aromatic rings. The normalized spacial score (nSPS) is 18.3. The summed E-state index contributed by atoms with van der Waals surface area (Å²) in [7, 11) is 0. The Labute approximate surface area is 181 Å². The lowest BCUT2D eigenvalue weighted by atomic mass is 9.94. The number of piperidine rings is 1. The van der Waals surface area contributed by atoms with Crippen LogP contribution >= 0.6 is 11.8 Å². The number of nitrogens with zero attached hydrogens (tertiary/aromatic N) is 4. The molecule has 3 heterocycles. The molecule has 0 saturated carbocycles. The number of benzene rings is 1. The van der Waals surface area contributed by atoms with E-state index in [1.165, 1.54) is 19.2 Å². The Morgan fingerprint density at radius 1 is 0.967 bits per heavy atom. The SMILES string of the molecule is O=C(c1ccc(CSc2ncn[nH]2)cc1)N1CCC(C(=O)N2CCCCCC2)CC1. The topological polar surface area (TPSA) is 82.2 Å². The number of hydrogen-bond donors (Lipinski definition) is 1. The smallest absolute Gasteiger partial charge is 0.253 e. The fourth-order valence-corrected chi connectivity index (χ4v) is 4.96. The molecule has 0 unspecified atom stereocenters. The molecule has 4 rings (SSSR count). The van der Waals surface area contributed by atoms with Crippen LogP contribution in [0.2, 0.25) is 0 Å². The Hall–Kier alpha value is -2.35. The highest BCUT2D eigenvalue weighted by Gasteiger charge is 2.30. The van der Waals surface area contributed by atoms with Crippen molar-refractivity contribution in [2.45, 2.75) is 49.4 Å². The van der Waals surface area contributed by atoms with Crippen LogP contribution < -0.4 is 0 Å². The first-order valence-corrected chi connectivity index (χ1v) is 11.8. The molecule has 0 atom stereocenters. The minimum absolute atomic E-state index is 0.0603. The van der Waals surface area contributed by atoms with Crippen LogP contribution in [0.5, 0.6) is 0 Å². The molecule has 7 nitrogen and oxygen atoms in total. The van der Waals surface area contributed by atoms with Gasteiger partial charge in [0.25, 0.3) is 5.91 Å². The van der Waals surface area contributed by atoms with Crippen LogP contribution in [-0.2, 0) is 10.5 Å². The molecule has 0 bridgehead atoms. The summed E-state index contributed by atoms with van der Waals surface area (Å²) in [5, 5.41) is 7.45. The molecule has 8 heteroatoms. The lowest BCUT2D eigenvalue weighted by Crippen LogP contribution is -2.44. The van der Waals surface area contributed by atoms with Gasteiger partial charge in [-0.05, 0) is 43.4 Å². The van der Waals surface area contributed by atoms with E-state index >= 15 is 0 Å². The maximum atomic E-state index is 12.9. The van der Waals surface area contributed by atoms with Gasteiger partial charge in [-0.25, -0.2) is 4.98 Å². The van der Waals surface area contributed by atoms with E-state index in [0.29, 0.717) is 24.6 Å². The van der Waals surface area contributed by atoms with E-state index in [1.807, 2.05) is 29.2 Å². The molecule has 160 valence electrons. The Morgan fingerprint density at radius 2 is 1.67 bits per heavy atom. The number of carbonyl (C=O) groups is 2. The van der Waals surface area contributed by atoms with E-state index in [0.717, 1.165) is 55.2 Å². The van der Waals surface area contributed by atoms with Crippen molar-refractivity contribution < 1.29 is 9.59 Å². The molecule has 0 spiro atoms. The number of likely N-dealkylation sites (tertiary alicyclic amines) is 2. The molecule has 2 amide bonds. The highest BCUT2D eigenvalue weighted by Crippen LogP contribution is 2.24. The number of hydrogen-bond acceptors (Lipinski definition) is 5. The zero-order valence-corrected chi connectivity index (χ0v) is 18.1.